The van der Waals surface area contributed by atoms with Gasteiger partial charge in [0.05, 0.1) is 0 Å². The number of thioether (sulfide) groups is 1. The van der Waals surface area contributed by atoms with Crippen molar-refractivity contribution in [2.45, 2.75) is 18.2 Å². The molecule has 0 saturated heterocycles. The maximum absolute atomic E-state index is 12.4. The van der Waals surface area contributed by atoms with E-state index in [0.29, 0.717) is 18.0 Å². The van der Waals surface area contributed by atoms with Crippen LogP contribution < -0.4 is 5.32 Å². The molecule has 0 spiro atoms. The van der Waals surface area contributed by atoms with Crippen molar-refractivity contribution in [3.63, 3.8) is 0 Å². The molecule has 4 nitrogen and oxygen atoms in total. The summed E-state index contributed by atoms with van der Waals surface area (Å²) >= 11 is 1.72. The Bertz CT molecular complexity index is 856. The highest BCUT2D eigenvalue weighted by Crippen LogP contribution is 2.23. The fourth-order valence-electron chi connectivity index (χ4n) is 2.60. The first-order valence-corrected chi connectivity index (χ1v) is 9.31. The smallest absolute Gasteiger partial charge is 0.273 e. The summed E-state index contributed by atoms with van der Waals surface area (Å²) in [7, 11) is 0. The Morgan fingerprint density at radius 2 is 2.00 bits per heavy atom. The monoisotopic (exact) mass is 352 g/mol. The van der Waals surface area contributed by atoms with Crippen LogP contribution in [0.1, 0.15) is 21.6 Å². The number of benzene rings is 2. The average Bonchev–Trinajstić information content (AvgIpc) is 3.12. The fraction of sp³-hybridized carbons (Fsp3) is 0.200. The molecule has 1 amide bonds. The zero-order chi connectivity index (χ0) is 17.6. The average molecular weight is 352 g/mol. The summed E-state index contributed by atoms with van der Waals surface area (Å²) in [5.74, 6) is 0.288. The van der Waals surface area contributed by atoms with Crippen LogP contribution in [0.25, 0.3) is 11.3 Å². The number of oxazole rings is 1. The molecule has 0 unspecified atom stereocenters. The second-order valence-corrected chi connectivity index (χ2v) is 6.63. The SMILES string of the molecule is CSc1ccc(CCNC(=O)c2ncoc2-c2cccc(C)c2)cc1. The molecule has 1 heterocycles. The normalized spacial score (nSPS) is 10.6. The van der Waals surface area contributed by atoms with E-state index < -0.39 is 0 Å². The first kappa shape index (κ1) is 17.3. The van der Waals surface area contributed by atoms with Crippen LogP contribution in [0.5, 0.6) is 0 Å². The number of carbonyl (C=O) groups excluding carboxylic acids is 1. The van der Waals surface area contributed by atoms with Gasteiger partial charge in [0.25, 0.3) is 5.91 Å². The Morgan fingerprint density at radius 1 is 1.20 bits per heavy atom. The second kappa shape index (κ2) is 8.03. The predicted octanol–water partition coefficient (Wildman–Crippen LogP) is 4.34. The van der Waals surface area contributed by atoms with Gasteiger partial charge in [-0.25, -0.2) is 4.98 Å². The first-order chi connectivity index (χ1) is 12.2. The van der Waals surface area contributed by atoms with Gasteiger partial charge < -0.3 is 9.73 Å². The lowest BCUT2D eigenvalue weighted by atomic mass is 10.1. The maximum Gasteiger partial charge on any atom is 0.273 e. The van der Waals surface area contributed by atoms with E-state index in [9.17, 15) is 4.79 Å². The van der Waals surface area contributed by atoms with E-state index in [0.717, 1.165) is 17.5 Å². The van der Waals surface area contributed by atoms with E-state index in [1.807, 2.05) is 31.2 Å². The third kappa shape index (κ3) is 4.31. The predicted molar refractivity (Wildman–Crippen MR) is 101 cm³/mol. The van der Waals surface area contributed by atoms with Crippen molar-refractivity contribution in [3.8, 4) is 11.3 Å². The lowest BCUT2D eigenvalue weighted by Gasteiger charge is -2.06. The van der Waals surface area contributed by atoms with Crippen molar-refractivity contribution in [2.75, 3.05) is 12.8 Å². The summed E-state index contributed by atoms with van der Waals surface area (Å²) < 4.78 is 5.44. The molecule has 0 aliphatic rings. The van der Waals surface area contributed by atoms with Crippen molar-refractivity contribution < 1.29 is 9.21 Å². The summed E-state index contributed by atoms with van der Waals surface area (Å²) in [5.41, 5.74) is 3.48. The van der Waals surface area contributed by atoms with Gasteiger partial charge in [0, 0.05) is 17.0 Å². The summed E-state index contributed by atoms with van der Waals surface area (Å²) in [5, 5.41) is 2.92. The van der Waals surface area contributed by atoms with Crippen molar-refractivity contribution in [2.24, 2.45) is 0 Å². The van der Waals surface area contributed by atoms with Gasteiger partial charge >= 0.3 is 0 Å². The molecule has 5 heteroatoms. The molecule has 0 aliphatic heterocycles. The highest BCUT2D eigenvalue weighted by Gasteiger charge is 2.17. The summed E-state index contributed by atoms with van der Waals surface area (Å²) in [6.45, 7) is 2.56. The zero-order valence-corrected chi connectivity index (χ0v) is 15.1. The fourth-order valence-corrected chi connectivity index (χ4v) is 3.00. The Kier molecular flexibility index (Phi) is 5.56. The van der Waals surface area contributed by atoms with Gasteiger partial charge in [0.1, 0.15) is 0 Å². The van der Waals surface area contributed by atoms with Gasteiger partial charge in [-0.05, 0) is 43.4 Å². The summed E-state index contributed by atoms with van der Waals surface area (Å²) in [6.07, 6.45) is 4.14. The molecule has 0 fully saturated rings. The van der Waals surface area contributed by atoms with Crippen LogP contribution in [0.2, 0.25) is 0 Å². The standard InChI is InChI=1S/C20H20N2O2S/c1-14-4-3-5-16(12-14)19-18(22-13-24-19)20(23)21-11-10-15-6-8-17(25-2)9-7-15/h3-9,12-13H,10-11H2,1-2H3,(H,21,23). The molecule has 3 aromatic rings. The van der Waals surface area contributed by atoms with Crippen LogP contribution in [0.4, 0.5) is 0 Å². The lowest BCUT2D eigenvalue weighted by molar-refractivity contribution is 0.0950. The Hall–Kier alpha value is -2.53. The Balaban J connectivity index is 1.63. The molecule has 0 saturated carbocycles. The number of aromatic nitrogens is 1. The van der Waals surface area contributed by atoms with E-state index in [-0.39, 0.29) is 5.91 Å². The third-order valence-electron chi connectivity index (χ3n) is 3.92. The van der Waals surface area contributed by atoms with E-state index >= 15 is 0 Å². The molecule has 3 rings (SSSR count). The maximum atomic E-state index is 12.4. The number of amides is 1. The number of hydrogen-bond acceptors (Lipinski definition) is 4. The largest absolute Gasteiger partial charge is 0.443 e. The van der Waals surface area contributed by atoms with Crippen LogP contribution in [0.15, 0.2) is 64.2 Å². The van der Waals surface area contributed by atoms with Gasteiger partial charge in [-0.2, -0.15) is 0 Å². The van der Waals surface area contributed by atoms with E-state index in [1.165, 1.54) is 16.9 Å². The number of rotatable bonds is 6. The molecule has 128 valence electrons. The minimum absolute atomic E-state index is 0.217. The summed E-state index contributed by atoms with van der Waals surface area (Å²) in [6, 6.07) is 16.2. The molecule has 1 aromatic heterocycles. The van der Waals surface area contributed by atoms with Crippen molar-refractivity contribution in [3.05, 3.63) is 71.7 Å². The first-order valence-electron chi connectivity index (χ1n) is 8.09. The van der Waals surface area contributed by atoms with Crippen LogP contribution >= 0.6 is 11.8 Å². The van der Waals surface area contributed by atoms with E-state index in [4.69, 9.17) is 4.42 Å². The molecular formula is C20H20N2O2S. The minimum Gasteiger partial charge on any atom is -0.443 e. The zero-order valence-electron chi connectivity index (χ0n) is 14.3. The van der Waals surface area contributed by atoms with E-state index in [2.05, 4.69) is 40.8 Å². The number of hydrogen-bond donors (Lipinski definition) is 1. The summed E-state index contributed by atoms with van der Waals surface area (Å²) in [4.78, 5) is 17.8. The lowest BCUT2D eigenvalue weighted by Crippen LogP contribution is -2.26. The van der Waals surface area contributed by atoms with Gasteiger partial charge in [0.15, 0.2) is 17.8 Å². The molecule has 0 atom stereocenters. The molecule has 0 bridgehead atoms. The van der Waals surface area contributed by atoms with Gasteiger partial charge in [-0.3, -0.25) is 4.79 Å². The van der Waals surface area contributed by atoms with Gasteiger partial charge in [-0.1, -0.05) is 35.9 Å². The number of nitrogens with one attached hydrogen (secondary N) is 1. The van der Waals surface area contributed by atoms with Crippen LogP contribution in [-0.4, -0.2) is 23.7 Å². The van der Waals surface area contributed by atoms with Crippen molar-refractivity contribution in [1.29, 1.82) is 0 Å². The quantitative estimate of drug-likeness (QED) is 0.670. The highest BCUT2D eigenvalue weighted by molar-refractivity contribution is 7.98. The highest BCUT2D eigenvalue weighted by atomic mass is 32.2. The number of aryl methyl sites for hydroxylation is 1. The van der Waals surface area contributed by atoms with Crippen LogP contribution in [0.3, 0.4) is 0 Å². The van der Waals surface area contributed by atoms with Gasteiger partial charge in [0.2, 0.25) is 0 Å². The third-order valence-corrected chi connectivity index (χ3v) is 4.66. The number of nitrogens with zero attached hydrogens (tertiary/aromatic N) is 1. The van der Waals surface area contributed by atoms with Crippen molar-refractivity contribution in [1.82, 2.24) is 10.3 Å². The van der Waals surface area contributed by atoms with Gasteiger partial charge in [-0.15, -0.1) is 11.8 Å². The second-order valence-electron chi connectivity index (χ2n) is 5.75. The Labute approximate surface area is 151 Å². The molecule has 0 aliphatic carbocycles. The molecule has 0 radical (unpaired) electrons. The van der Waals surface area contributed by atoms with Crippen molar-refractivity contribution >= 4 is 17.7 Å². The Morgan fingerprint density at radius 3 is 2.72 bits per heavy atom. The van der Waals surface area contributed by atoms with Crippen LogP contribution in [0, 0.1) is 6.92 Å². The molecule has 1 N–H and O–H groups in total. The molecule has 25 heavy (non-hydrogen) atoms. The molecule has 2 aromatic carbocycles. The minimum atomic E-state index is -0.217. The number of carbonyl (C=O) groups is 1. The van der Waals surface area contributed by atoms with Crippen LogP contribution in [-0.2, 0) is 6.42 Å². The topological polar surface area (TPSA) is 55.1 Å². The molecular weight excluding hydrogens is 332 g/mol. The van der Waals surface area contributed by atoms with E-state index in [1.54, 1.807) is 11.8 Å².